The van der Waals surface area contributed by atoms with Crippen molar-refractivity contribution >= 4 is 17.5 Å². The van der Waals surface area contributed by atoms with E-state index in [9.17, 15) is 19.1 Å². The number of hydrogen-bond acceptors (Lipinski definition) is 9. The molecule has 12 heteroatoms. The van der Waals surface area contributed by atoms with Gasteiger partial charge in [0.2, 0.25) is 11.7 Å². The second kappa shape index (κ2) is 12.8. The van der Waals surface area contributed by atoms with Crippen LogP contribution < -0.4 is 10.6 Å². The lowest BCUT2D eigenvalue weighted by atomic mass is 10.1. The number of likely N-dealkylation sites (N-methyl/N-ethyl adjacent to an activating group) is 2. The van der Waals surface area contributed by atoms with Gasteiger partial charge in [-0.1, -0.05) is 30.3 Å². The topological polar surface area (TPSA) is 127 Å². The van der Waals surface area contributed by atoms with Gasteiger partial charge in [-0.05, 0) is 48.4 Å². The van der Waals surface area contributed by atoms with Crippen molar-refractivity contribution in [1.82, 2.24) is 30.4 Å². The standard InChI is InChI=1S/C27H34FN7O4/c1-4-29-9-10-34(16-26(38)33(3)35-14-20-7-8-22(28)11-21(20)15-35)25(37)13-30-23-12-19(6-5-18(23)2)27-31-24(17-36)39-32-27/h5-8,11-12,29-30,36H,4,9-10,13-17H2,1-3H3. The lowest BCUT2D eigenvalue weighted by Crippen LogP contribution is -2.49. The van der Waals surface area contributed by atoms with Gasteiger partial charge >= 0.3 is 0 Å². The summed E-state index contributed by atoms with van der Waals surface area (Å²) in [6.45, 7) is 6.02. The van der Waals surface area contributed by atoms with Crippen molar-refractivity contribution in [3.8, 4) is 11.4 Å². The van der Waals surface area contributed by atoms with Crippen LogP contribution in [0, 0.1) is 12.7 Å². The van der Waals surface area contributed by atoms with E-state index in [-0.39, 0.29) is 43.2 Å². The lowest BCUT2D eigenvalue weighted by molar-refractivity contribution is -0.151. The number of nitrogens with zero attached hydrogens (tertiary/aromatic N) is 5. The summed E-state index contributed by atoms with van der Waals surface area (Å²) < 4.78 is 18.6. The van der Waals surface area contributed by atoms with E-state index in [1.807, 2.05) is 37.1 Å². The fourth-order valence-corrected chi connectivity index (χ4v) is 4.33. The minimum absolute atomic E-state index is 0.0179. The van der Waals surface area contributed by atoms with Gasteiger partial charge in [0.25, 0.3) is 11.8 Å². The molecule has 4 rings (SSSR count). The number of carbonyl (C=O) groups excluding carboxylic acids is 2. The summed E-state index contributed by atoms with van der Waals surface area (Å²) in [5, 5.41) is 22.8. The Labute approximate surface area is 226 Å². The largest absolute Gasteiger partial charge is 0.387 e. The van der Waals surface area contributed by atoms with Crippen LogP contribution in [0.3, 0.4) is 0 Å². The number of aliphatic hydroxyl groups is 1. The number of aryl methyl sites for hydroxylation is 1. The fourth-order valence-electron chi connectivity index (χ4n) is 4.33. The number of fused-ring (bicyclic) bond motifs is 1. The number of aliphatic hydroxyl groups excluding tert-OH is 1. The smallest absolute Gasteiger partial charge is 0.256 e. The molecule has 0 saturated heterocycles. The van der Waals surface area contributed by atoms with Crippen LogP contribution in [0.25, 0.3) is 11.4 Å². The molecular weight excluding hydrogens is 505 g/mol. The van der Waals surface area contributed by atoms with Crippen LogP contribution in [0.15, 0.2) is 40.9 Å². The van der Waals surface area contributed by atoms with Gasteiger partial charge in [0, 0.05) is 44.5 Å². The van der Waals surface area contributed by atoms with Crippen LogP contribution in [-0.4, -0.2) is 81.8 Å². The Hall–Kier alpha value is -3.87. The Kier molecular flexibility index (Phi) is 9.23. The highest BCUT2D eigenvalue weighted by Gasteiger charge is 2.27. The molecule has 0 aliphatic carbocycles. The third-order valence-electron chi connectivity index (χ3n) is 6.68. The van der Waals surface area contributed by atoms with Crippen molar-refractivity contribution in [2.75, 3.05) is 45.1 Å². The Balaban J connectivity index is 1.39. The second-order valence-electron chi connectivity index (χ2n) is 9.37. The lowest BCUT2D eigenvalue weighted by Gasteiger charge is -2.31. The molecule has 1 aliphatic heterocycles. The molecule has 2 amide bonds. The predicted octanol–water partition coefficient (Wildman–Crippen LogP) is 1.92. The summed E-state index contributed by atoms with van der Waals surface area (Å²) in [6.07, 6.45) is 0. The Bertz CT molecular complexity index is 1320. The summed E-state index contributed by atoms with van der Waals surface area (Å²) in [4.78, 5) is 32.1. The van der Waals surface area contributed by atoms with E-state index < -0.39 is 0 Å². The number of benzene rings is 2. The maximum Gasteiger partial charge on any atom is 0.256 e. The van der Waals surface area contributed by atoms with Crippen LogP contribution in [0.1, 0.15) is 29.5 Å². The molecular formula is C27H34FN7O4. The zero-order chi connectivity index (χ0) is 27.9. The van der Waals surface area contributed by atoms with Gasteiger partial charge in [-0.3, -0.25) is 14.6 Å². The molecule has 0 atom stereocenters. The van der Waals surface area contributed by atoms with E-state index in [0.29, 0.717) is 43.3 Å². The van der Waals surface area contributed by atoms with Gasteiger partial charge in [0.05, 0.1) is 6.54 Å². The van der Waals surface area contributed by atoms with Gasteiger partial charge in [-0.25, -0.2) is 9.40 Å². The molecule has 0 spiro atoms. The minimum atomic E-state index is -0.349. The molecule has 11 nitrogen and oxygen atoms in total. The number of hydrogen-bond donors (Lipinski definition) is 3. The maximum atomic E-state index is 13.6. The van der Waals surface area contributed by atoms with Crippen molar-refractivity contribution in [3.05, 3.63) is 64.8 Å². The highest BCUT2D eigenvalue weighted by molar-refractivity contribution is 5.87. The van der Waals surface area contributed by atoms with E-state index in [1.54, 1.807) is 13.1 Å². The van der Waals surface area contributed by atoms with Crippen LogP contribution in [0.5, 0.6) is 0 Å². The van der Waals surface area contributed by atoms with Crippen LogP contribution in [-0.2, 0) is 29.3 Å². The third-order valence-corrected chi connectivity index (χ3v) is 6.68. The number of hydrazine groups is 1. The molecule has 1 aromatic heterocycles. The molecule has 2 aromatic carbocycles. The quantitative estimate of drug-likeness (QED) is 0.296. The maximum absolute atomic E-state index is 13.6. The summed E-state index contributed by atoms with van der Waals surface area (Å²) in [7, 11) is 1.67. The number of carbonyl (C=O) groups is 2. The molecule has 3 aromatic rings. The molecule has 2 heterocycles. The first kappa shape index (κ1) is 28.1. The highest BCUT2D eigenvalue weighted by Crippen LogP contribution is 2.25. The third kappa shape index (κ3) is 6.96. The highest BCUT2D eigenvalue weighted by atomic mass is 19.1. The van der Waals surface area contributed by atoms with Gasteiger partial charge in [0.15, 0.2) is 0 Å². The number of halogens is 1. The summed E-state index contributed by atoms with van der Waals surface area (Å²) >= 11 is 0. The Morgan fingerprint density at radius 1 is 1.15 bits per heavy atom. The van der Waals surface area contributed by atoms with E-state index in [0.717, 1.165) is 23.2 Å². The van der Waals surface area contributed by atoms with Gasteiger partial charge in [-0.15, -0.1) is 0 Å². The predicted molar refractivity (Wildman–Crippen MR) is 142 cm³/mol. The molecule has 208 valence electrons. The van der Waals surface area contributed by atoms with Crippen LogP contribution in [0.2, 0.25) is 0 Å². The average molecular weight is 540 g/mol. The molecule has 1 aliphatic rings. The SMILES string of the molecule is CCNCCN(CC(=O)N(C)N1Cc2ccc(F)cc2C1)C(=O)CNc1cc(-c2noc(CO)n2)ccc1C. The Morgan fingerprint density at radius 3 is 2.69 bits per heavy atom. The molecule has 0 unspecified atom stereocenters. The fraction of sp³-hybridized carbons (Fsp3) is 0.407. The average Bonchev–Trinajstić information content (AvgIpc) is 3.58. The van der Waals surface area contributed by atoms with Crippen LogP contribution in [0.4, 0.5) is 10.1 Å². The first-order valence-electron chi connectivity index (χ1n) is 12.8. The minimum Gasteiger partial charge on any atom is -0.387 e. The molecule has 39 heavy (non-hydrogen) atoms. The van der Waals surface area contributed by atoms with Crippen LogP contribution >= 0.6 is 0 Å². The number of rotatable bonds is 12. The monoisotopic (exact) mass is 539 g/mol. The van der Waals surface area contributed by atoms with Crippen molar-refractivity contribution in [3.63, 3.8) is 0 Å². The van der Waals surface area contributed by atoms with E-state index in [2.05, 4.69) is 20.8 Å². The zero-order valence-corrected chi connectivity index (χ0v) is 22.4. The Morgan fingerprint density at radius 2 is 1.95 bits per heavy atom. The number of aromatic nitrogens is 2. The van der Waals surface area contributed by atoms with E-state index in [4.69, 9.17) is 4.52 Å². The van der Waals surface area contributed by atoms with Gasteiger partial charge < -0.3 is 25.2 Å². The van der Waals surface area contributed by atoms with Gasteiger partial charge in [0.1, 0.15) is 19.0 Å². The first-order chi connectivity index (χ1) is 18.8. The molecule has 0 fully saturated rings. The normalized spacial score (nSPS) is 12.8. The van der Waals surface area contributed by atoms with Gasteiger partial charge in [-0.2, -0.15) is 4.98 Å². The van der Waals surface area contributed by atoms with Crippen molar-refractivity contribution in [1.29, 1.82) is 0 Å². The molecule has 0 saturated carbocycles. The summed E-state index contributed by atoms with van der Waals surface area (Å²) in [5.74, 6) is -0.311. The number of amides is 2. The molecule has 0 radical (unpaired) electrons. The summed E-state index contributed by atoms with van der Waals surface area (Å²) in [6, 6.07) is 10.2. The summed E-state index contributed by atoms with van der Waals surface area (Å²) in [5.41, 5.74) is 4.13. The molecule has 0 bridgehead atoms. The first-order valence-corrected chi connectivity index (χ1v) is 12.8. The number of nitrogens with one attached hydrogen (secondary N) is 2. The van der Waals surface area contributed by atoms with E-state index >= 15 is 0 Å². The van der Waals surface area contributed by atoms with E-state index in [1.165, 1.54) is 22.0 Å². The number of anilines is 1. The molecule has 3 N–H and O–H groups in total. The van der Waals surface area contributed by atoms with Crippen molar-refractivity contribution in [2.45, 2.75) is 33.5 Å². The second-order valence-corrected chi connectivity index (χ2v) is 9.37. The zero-order valence-electron chi connectivity index (χ0n) is 22.4. The van der Waals surface area contributed by atoms with Crippen molar-refractivity contribution in [2.24, 2.45) is 0 Å². The van der Waals surface area contributed by atoms with Crippen molar-refractivity contribution < 1.29 is 23.6 Å².